The number of nitrogens with two attached hydrogens (primary N) is 2. The van der Waals surface area contributed by atoms with Gasteiger partial charge in [0.1, 0.15) is 0 Å². The first-order valence-electron chi connectivity index (χ1n) is 7.39. The Kier molecular flexibility index (Phi) is 11.3. The molecule has 0 radical (unpaired) electrons. The van der Waals surface area contributed by atoms with Crippen LogP contribution in [-0.2, 0) is 9.59 Å². The van der Waals surface area contributed by atoms with Crippen molar-refractivity contribution in [1.82, 2.24) is 5.32 Å². The normalized spacial score (nSPS) is 12.1. The molecule has 0 heterocycles. The van der Waals surface area contributed by atoms with E-state index in [-0.39, 0.29) is 12.3 Å². The molecule has 0 spiro atoms. The minimum absolute atomic E-state index is 0.0940. The van der Waals surface area contributed by atoms with Gasteiger partial charge in [0, 0.05) is 6.54 Å². The van der Waals surface area contributed by atoms with Crippen molar-refractivity contribution in [2.45, 2.75) is 70.8 Å². The summed E-state index contributed by atoms with van der Waals surface area (Å²) in [6, 6.07) is -0.813. The molecule has 0 aromatic rings. The van der Waals surface area contributed by atoms with Crippen LogP contribution in [-0.4, -0.2) is 24.4 Å². The molecule has 0 unspecified atom stereocenters. The fourth-order valence-electron chi connectivity index (χ4n) is 1.91. The Morgan fingerprint density at radius 2 is 1.53 bits per heavy atom. The van der Waals surface area contributed by atoms with Crippen LogP contribution in [0.5, 0.6) is 0 Å². The summed E-state index contributed by atoms with van der Waals surface area (Å²) in [6.07, 6.45) is 9.72. The van der Waals surface area contributed by atoms with E-state index in [0.29, 0.717) is 6.54 Å². The van der Waals surface area contributed by atoms with E-state index in [1.165, 1.54) is 38.5 Å². The van der Waals surface area contributed by atoms with Gasteiger partial charge in [-0.1, -0.05) is 51.9 Å². The summed E-state index contributed by atoms with van der Waals surface area (Å²) in [4.78, 5) is 22.0. The van der Waals surface area contributed by atoms with Gasteiger partial charge in [-0.05, 0) is 6.42 Å². The molecule has 0 bridgehead atoms. The van der Waals surface area contributed by atoms with Crippen LogP contribution in [0.3, 0.4) is 0 Å². The average molecular weight is 271 g/mol. The topological polar surface area (TPSA) is 98.2 Å². The van der Waals surface area contributed by atoms with E-state index in [2.05, 4.69) is 12.2 Å². The van der Waals surface area contributed by atoms with Crippen molar-refractivity contribution in [3.8, 4) is 0 Å². The second-order valence-electron chi connectivity index (χ2n) is 5.04. The van der Waals surface area contributed by atoms with Crippen LogP contribution >= 0.6 is 0 Å². The second-order valence-corrected chi connectivity index (χ2v) is 5.04. The number of hydrogen-bond donors (Lipinski definition) is 3. The summed E-state index contributed by atoms with van der Waals surface area (Å²) in [5.41, 5.74) is 10.5. The Labute approximate surface area is 116 Å². The van der Waals surface area contributed by atoms with Crippen molar-refractivity contribution in [1.29, 1.82) is 0 Å². The quantitative estimate of drug-likeness (QED) is 0.468. The van der Waals surface area contributed by atoms with Gasteiger partial charge in [-0.3, -0.25) is 9.59 Å². The molecule has 5 nitrogen and oxygen atoms in total. The SMILES string of the molecule is CCCCCCCCCCNC(=O)[C@@H](N)CC(N)=O. The molecular formula is C14H29N3O2. The number of nitrogens with one attached hydrogen (secondary N) is 1. The molecule has 0 aliphatic rings. The number of amides is 2. The van der Waals surface area contributed by atoms with Crippen LogP contribution in [0.4, 0.5) is 0 Å². The van der Waals surface area contributed by atoms with E-state index in [0.717, 1.165) is 12.8 Å². The largest absolute Gasteiger partial charge is 0.370 e. The van der Waals surface area contributed by atoms with Gasteiger partial charge < -0.3 is 16.8 Å². The predicted octanol–water partition coefficient (Wildman–Crippen LogP) is 1.45. The maximum absolute atomic E-state index is 11.4. The fraction of sp³-hybridized carbons (Fsp3) is 0.857. The zero-order valence-corrected chi connectivity index (χ0v) is 12.1. The lowest BCUT2D eigenvalue weighted by molar-refractivity contribution is -0.126. The minimum atomic E-state index is -0.813. The number of rotatable bonds is 12. The van der Waals surface area contributed by atoms with Crippen molar-refractivity contribution in [3.63, 3.8) is 0 Å². The van der Waals surface area contributed by atoms with Crippen molar-refractivity contribution in [2.75, 3.05) is 6.54 Å². The molecule has 5 N–H and O–H groups in total. The molecule has 0 aromatic carbocycles. The van der Waals surface area contributed by atoms with E-state index >= 15 is 0 Å². The zero-order valence-electron chi connectivity index (χ0n) is 12.1. The zero-order chi connectivity index (χ0) is 14.5. The Hall–Kier alpha value is -1.10. The number of unbranched alkanes of at least 4 members (excludes halogenated alkanes) is 7. The number of hydrogen-bond acceptors (Lipinski definition) is 3. The third-order valence-electron chi connectivity index (χ3n) is 3.09. The molecule has 112 valence electrons. The van der Waals surface area contributed by atoms with Crippen LogP contribution in [0.25, 0.3) is 0 Å². The third-order valence-corrected chi connectivity index (χ3v) is 3.09. The molecule has 0 aliphatic carbocycles. The van der Waals surface area contributed by atoms with Gasteiger partial charge in [-0.2, -0.15) is 0 Å². The van der Waals surface area contributed by atoms with Crippen molar-refractivity contribution in [2.24, 2.45) is 11.5 Å². The summed E-state index contributed by atoms with van der Waals surface area (Å²) in [6.45, 7) is 2.84. The Morgan fingerprint density at radius 3 is 2.05 bits per heavy atom. The molecule has 5 heteroatoms. The van der Waals surface area contributed by atoms with E-state index in [1.807, 2.05) is 0 Å². The van der Waals surface area contributed by atoms with Gasteiger partial charge in [-0.25, -0.2) is 0 Å². The lowest BCUT2D eigenvalue weighted by Gasteiger charge is -2.10. The molecule has 0 aromatic heterocycles. The third kappa shape index (κ3) is 11.7. The molecule has 2 amide bonds. The maximum Gasteiger partial charge on any atom is 0.237 e. The minimum Gasteiger partial charge on any atom is -0.370 e. The highest BCUT2D eigenvalue weighted by Gasteiger charge is 2.14. The smallest absolute Gasteiger partial charge is 0.237 e. The van der Waals surface area contributed by atoms with Crippen LogP contribution in [0, 0.1) is 0 Å². The van der Waals surface area contributed by atoms with E-state index in [9.17, 15) is 9.59 Å². The van der Waals surface area contributed by atoms with Gasteiger partial charge in [0.2, 0.25) is 11.8 Å². The maximum atomic E-state index is 11.4. The summed E-state index contributed by atoms with van der Waals surface area (Å²) >= 11 is 0. The van der Waals surface area contributed by atoms with E-state index in [1.54, 1.807) is 0 Å². The molecule has 1 atom stereocenters. The van der Waals surface area contributed by atoms with Gasteiger partial charge >= 0.3 is 0 Å². The molecule has 0 saturated carbocycles. The predicted molar refractivity (Wildman–Crippen MR) is 77.4 cm³/mol. The summed E-state index contributed by atoms with van der Waals surface area (Å²) in [5.74, 6) is -0.837. The van der Waals surface area contributed by atoms with Crippen molar-refractivity contribution < 1.29 is 9.59 Å². The number of primary amides is 1. The monoisotopic (exact) mass is 271 g/mol. The van der Waals surface area contributed by atoms with Crippen LogP contribution in [0.1, 0.15) is 64.7 Å². The van der Waals surface area contributed by atoms with E-state index in [4.69, 9.17) is 11.5 Å². The number of carbonyl (C=O) groups is 2. The Balaban J connectivity index is 3.34. The van der Waals surface area contributed by atoms with E-state index < -0.39 is 11.9 Å². The molecule has 19 heavy (non-hydrogen) atoms. The first-order valence-corrected chi connectivity index (χ1v) is 7.39. The van der Waals surface area contributed by atoms with Gasteiger partial charge in [0.15, 0.2) is 0 Å². The highest BCUT2D eigenvalue weighted by atomic mass is 16.2. The van der Waals surface area contributed by atoms with Gasteiger partial charge in [0.05, 0.1) is 12.5 Å². The second kappa shape index (κ2) is 12.0. The molecule has 0 fully saturated rings. The average Bonchev–Trinajstić information content (AvgIpc) is 2.35. The van der Waals surface area contributed by atoms with Crippen molar-refractivity contribution >= 4 is 11.8 Å². The standard InChI is InChI=1S/C14H29N3O2/c1-2-3-4-5-6-7-8-9-10-17-14(19)12(15)11-13(16)18/h12H,2-11,15H2,1H3,(H2,16,18)(H,17,19)/t12-/m0/s1. The lowest BCUT2D eigenvalue weighted by Crippen LogP contribution is -2.43. The summed E-state index contributed by atoms with van der Waals surface area (Å²) < 4.78 is 0. The number of carbonyl (C=O) groups excluding carboxylic acids is 2. The molecule has 0 aliphatic heterocycles. The van der Waals surface area contributed by atoms with Crippen LogP contribution in [0.2, 0.25) is 0 Å². The van der Waals surface area contributed by atoms with Crippen molar-refractivity contribution in [3.05, 3.63) is 0 Å². The van der Waals surface area contributed by atoms with Gasteiger partial charge in [-0.15, -0.1) is 0 Å². The Morgan fingerprint density at radius 1 is 1.00 bits per heavy atom. The van der Waals surface area contributed by atoms with Gasteiger partial charge in [0.25, 0.3) is 0 Å². The molecule has 0 saturated heterocycles. The first kappa shape index (κ1) is 17.9. The first-order chi connectivity index (χ1) is 9.07. The molecular weight excluding hydrogens is 242 g/mol. The summed E-state index contributed by atoms with van der Waals surface area (Å²) in [5, 5.41) is 2.73. The lowest BCUT2D eigenvalue weighted by atomic mass is 10.1. The fourth-order valence-corrected chi connectivity index (χ4v) is 1.91. The molecule has 0 rings (SSSR count). The Bertz CT molecular complexity index is 257. The highest BCUT2D eigenvalue weighted by molar-refractivity contribution is 5.87. The van der Waals surface area contributed by atoms with Crippen LogP contribution < -0.4 is 16.8 Å². The summed E-state index contributed by atoms with van der Waals surface area (Å²) in [7, 11) is 0. The van der Waals surface area contributed by atoms with Crippen LogP contribution in [0.15, 0.2) is 0 Å². The highest BCUT2D eigenvalue weighted by Crippen LogP contribution is 2.07.